The Balaban J connectivity index is 0. The van der Waals surface area contributed by atoms with E-state index in [0.717, 1.165) is 6.42 Å². The van der Waals surface area contributed by atoms with Gasteiger partial charge in [0.25, 0.3) is 0 Å². The first-order valence-electron chi connectivity index (χ1n) is 4.92. The third-order valence-electron chi connectivity index (χ3n) is 1.75. The topological polar surface area (TPSA) is 26.3 Å². The van der Waals surface area contributed by atoms with Gasteiger partial charge in [-0.05, 0) is 40.0 Å². The number of rotatable bonds is 4. The molecule has 14 heavy (non-hydrogen) atoms. The molecular weight excluding hydrogens is 295 g/mol. The molecule has 0 saturated carbocycles. The summed E-state index contributed by atoms with van der Waals surface area (Å²) in [7, 11) is 0. The summed E-state index contributed by atoms with van der Waals surface area (Å²) in [5.41, 5.74) is 0. The van der Waals surface area contributed by atoms with Gasteiger partial charge in [0.15, 0.2) is 0 Å². The molecule has 0 aromatic carbocycles. The Morgan fingerprint density at radius 1 is 1.29 bits per heavy atom. The van der Waals surface area contributed by atoms with E-state index in [-0.39, 0.29) is 5.88 Å². The van der Waals surface area contributed by atoms with Crippen LogP contribution in [0.5, 0.6) is 0 Å². The number of allylic oxidation sites excluding steroid dienone is 1. The molecule has 2 nitrogen and oxygen atoms in total. The number of nitrogens with zero attached hydrogens (tertiary/aromatic N) is 1. The molecule has 0 N–H and O–H groups in total. The van der Waals surface area contributed by atoms with E-state index in [2.05, 4.69) is 13.6 Å². The predicted molar refractivity (Wildman–Crippen MR) is 59.4 cm³/mol. The van der Waals surface area contributed by atoms with Gasteiger partial charge in [0.1, 0.15) is 0 Å². The second-order valence-corrected chi connectivity index (χ2v) is 3.55. The fraction of sp³-hybridized carbons (Fsp3) is 0.800. The molecule has 0 aliphatic rings. The van der Waals surface area contributed by atoms with Crippen molar-refractivity contribution < 1.29 is 21.4 Å². The second kappa shape index (κ2) is 9.98. The first-order valence-corrected chi connectivity index (χ1v) is 11.9. The van der Waals surface area contributed by atoms with Gasteiger partial charge in [0.05, 0.1) is 0 Å². The molecule has 0 bridgehead atoms. The quantitative estimate of drug-likeness (QED) is 0.589. The third-order valence-corrected chi connectivity index (χ3v) is 1.75. The van der Waals surface area contributed by atoms with E-state index in [1.165, 1.54) is 16.3 Å². The van der Waals surface area contributed by atoms with E-state index in [0.29, 0.717) is 12.1 Å². The van der Waals surface area contributed by atoms with Gasteiger partial charge in [-0.3, -0.25) is 0 Å². The van der Waals surface area contributed by atoms with Crippen LogP contribution in [0.1, 0.15) is 41.0 Å². The van der Waals surface area contributed by atoms with Crippen LogP contribution in [0.15, 0.2) is 12.0 Å². The Labute approximate surface area is 105 Å². The van der Waals surface area contributed by atoms with Crippen molar-refractivity contribution in [1.29, 1.82) is 0 Å². The average molecular weight is 316 g/mol. The Morgan fingerprint density at radius 2 is 1.64 bits per heavy atom. The van der Waals surface area contributed by atoms with Gasteiger partial charge < -0.3 is 10.0 Å². The van der Waals surface area contributed by atoms with E-state index >= 15 is 0 Å². The molecule has 0 aliphatic carbocycles. The maximum atomic E-state index is 11.5. The molecule has 0 amide bonds. The SMILES string of the molecule is CC/C=C(\[O-])N(C(C)C)C(C)C.[Zn+][Br]. The standard InChI is InChI=1S/C10H21NO.BrH.Zn/c1-6-7-10(12)11(8(2)3)9(4)5;;/h7-9,12H,6H2,1-5H3;1H;/q;;+2/p-2/b10-7-;;. The molecule has 0 rings (SSSR count). The number of halogens is 1. The van der Waals surface area contributed by atoms with Gasteiger partial charge in [-0.1, -0.05) is 13.0 Å². The average Bonchev–Trinajstić information content (AvgIpc) is 2.06. The fourth-order valence-electron chi connectivity index (χ4n) is 1.39. The van der Waals surface area contributed by atoms with Crippen molar-refractivity contribution in [3.63, 3.8) is 0 Å². The van der Waals surface area contributed by atoms with Crippen molar-refractivity contribution in [3.8, 4) is 0 Å². The zero-order chi connectivity index (χ0) is 11.7. The molecule has 0 aliphatic heterocycles. The van der Waals surface area contributed by atoms with E-state index < -0.39 is 0 Å². The zero-order valence-corrected chi connectivity index (χ0v) is 14.4. The summed E-state index contributed by atoms with van der Waals surface area (Å²) in [6, 6.07) is 0.584. The van der Waals surface area contributed by atoms with Gasteiger partial charge in [0, 0.05) is 12.1 Å². The molecule has 0 spiro atoms. The Hall–Kier alpha value is 0.443. The summed E-state index contributed by atoms with van der Waals surface area (Å²) < 4.78 is 0. The molecule has 4 heteroatoms. The van der Waals surface area contributed by atoms with E-state index in [4.69, 9.17) is 0 Å². The van der Waals surface area contributed by atoms with Crippen molar-refractivity contribution in [2.24, 2.45) is 0 Å². The second-order valence-electron chi connectivity index (χ2n) is 3.55. The monoisotopic (exact) mass is 313 g/mol. The van der Waals surface area contributed by atoms with Gasteiger partial charge in [-0.25, -0.2) is 0 Å². The molecule has 0 aromatic rings. The van der Waals surface area contributed by atoms with Crippen LogP contribution in [0.25, 0.3) is 0 Å². The molecule has 0 aromatic heterocycles. The third kappa shape index (κ3) is 6.83. The van der Waals surface area contributed by atoms with Gasteiger partial charge in [-0.15, -0.1) is 0 Å². The van der Waals surface area contributed by atoms with Gasteiger partial charge >= 0.3 is 30.0 Å². The molecule has 0 atom stereocenters. The maximum absolute atomic E-state index is 11.5. The summed E-state index contributed by atoms with van der Waals surface area (Å²) in [4.78, 5) is 1.89. The summed E-state index contributed by atoms with van der Waals surface area (Å²) in [6.45, 7) is 10.2. The normalized spacial score (nSPS) is 11.4. The Bertz CT molecular complexity index is 152. The Kier molecular flexibility index (Phi) is 12.0. The van der Waals surface area contributed by atoms with Crippen molar-refractivity contribution in [3.05, 3.63) is 12.0 Å². The summed E-state index contributed by atoms with van der Waals surface area (Å²) >= 11 is 4.25. The molecular formula is C10H20BrNOZn. The summed E-state index contributed by atoms with van der Waals surface area (Å²) in [5, 5.41) is 11.5. The Morgan fingerprint density at radius 3 is 1.86 bits per heavy atom. The van der Waals surface area contributed by atoms with Crippen LogP contribution in [0.4, 0.5) is 0 Å². The van der Waals surface area contributed by atoms with Crippen molar-refractivity contribution in [2.75, 3.05) is 0 Å². The van der Waals surface area contributed by atoms with Crippen LogP contribution in [-0.4, -0.2) is 17.0 Å². The predicted octanol–water partition coefficient (Wildman–Crippen LogP) is 2.56. The summed E-state index contributed by atoms with van der Waals surface area (Å²) in [6.07, 6.45) is 2.55. The van der Waals surface area contributed by atoms with Crippen molar-refractivity contribution in [2.45, 2.75) is 53.1 Å². The molecule has 0 heterocycles. The van der Waals surface area contributed by atoms with E-state index in [1.54, 1.807) is 6.08 Å². The van der Waals surface area contributed by atoms with Crippen molar-refractivity contribution >= 4 is 13.6 Å². The van der Waals surface area contributed by atoms with Crippen LogP contribution in [0.3, 0.4) is 0 Å². The van der Waals surface area contributed by atoms with Crippen LogP contribution in [-0.2, 0) is 16.3 Å². The van der Waals surface area contributed by atoms with Crippen LogP contribution < -0.4 is 5.11 Å². The number of hydrogen-bond acceptors (Lipinski definition) is 2. The molecule has 0 fully saturated rings. The van der Waals surface area contributed by atoms with Crippen molar-refractivity contribution in [1.82, 2.24) is 4.90 Å². The fourth-order valence-corrected chi connectivity index (χ4v) is 1.39. The number of hydrogen-bond donors (Lipinski definition) is 0. The van der Waals surface area contributed by atoms with Gasteiger partial charge in [0.2, 0.25) is 0 Å². The van der Waals surface area contributed by atoms with Crippen LogP contribution in [0, 0.1) is 0 Å². The first kappa shape index (κ1) is 16.9. The van der Waals surface area contributed by atoms with E-state index in [9.17, 15) is 5.11 Å². The van der Waals surface area contributed by atoms with Crippen LogP contribution >= 0.6 is 13.6 Å². The summed E-state index contributed by atoms with van der Waals surface area (Å²) in [5.74, 6) is 0.155. The van der Waals surface area contributed by atoms with Gasteiger partial charge in [-0.2, -0.15) is 0 Å². The van der Waals surface area contributed by atoms with Crippen LogP contribution in [0.2, 0.25) is 0 Å². The van der Waals surface area contributed by atoms with E-state index in [1.807, 2.05) is 39.5 Å². The first-order chi connectivity index (χ1) is 6.50. The molecule has 0 saturated heterocycles. The minimum atomic E-state index is 0.155. The molecule has 0 unspecified atom stereocenters. The minimum absolute atomic E-state index is 0.155. The molecule has 80 valence electrons. The zero-order valence-electron chi connectivity index (χ0n) is 9.88. The molecule has 0 radical (unpaired) electrons.